The van der Waals surface area contributed by atoms with Crippen molar-refractivity contribution in [2.24, 2.45) is 0 Å². The van der Waals surface area contributed by atoms with Crippen molar-refractivity contribution in [1.82, 2.24) is 10.2 Å². The third-order valence-corrected chi connectivity index (χ3v) is 4.45. The molecule has 0 amide bonds. The first-order chi connectivity index (χ1) is 9.24. The van der Waals surface area contributed by atoms with Crippen molar-refractivity contribution in [3.63, 3.8) is 0 Å². The number of benzene rings is 2. The maximum atomic E-state index is 6.06. The van der Waals surface area contributed by atoms with Crippen molar-refractivity contribution in [3.8, 4) is 0 Å². The highest BCUT2D eigenvalue weighted by Crippen LogP contribution is 2.33. The Labute approximate surface area is 128 Å². The second-order valence-corrected chi connectivity index (χ2v) is 6.23. The van der Waals surface area contributed by atoms with Crippen LogP contribution >= 0.6 is 39.3 Å². The molecular formula is C14H8BrClN2S. The standard InChI is InChI=1S/C14H8BrClN2S/c15-9-5-7-10(8-6-9)19-14-12-4-2-1-3-11(12)13(16)17-18-14/h1-8H. The summed E-state index contributed by atoms with van der Waals surface area (Å²) in [5.74, 6) is 0. The minimum absolute atomic E-state index is 0.441. The van der Waals surface area contributed by atoms with Gasteiger partial charge in [0.25, 0.3) is 0 Å². The number of nitrogens with zero attached hydrogens (tertiary/aromatic N) is 2. The van der Waals surface area contributed by atoms with Crippen molar-refractivity contribution < 1.29 is 0 Å². The average Bonchev–Trinajstić information content (AvgIpc) is 2.45. The summed E-state index contributed by atoms with van der Waals surface area (Å²) in [6, 6.07) is 16.0. The first-order valence-corrected chi connectivity index (χ1v) is 7.57. The van der Waals surface area contributed by atoms with Crippen LogP contribution in [0.5, 0.6) is 0 Å². The monoisotopic (exact) mass is 350 g/mol. The Morgan fingerprint density at radius 3 is 2.32 bits per heavy atom. The molecule has 0 aliphatic heterocycles. The highest BCUT2D eigenvalue weighted by molar-refractivity contribution is 9.10. The van der Waals surface area contributed by atoms with Crippen LogP contribution in [0, 0.1) is 0 Å². The van der Waals surface area contributed by atoms with Crippen LogP contribution < -0.4 is 0 Å². The van der Waals surface area contributed by atoms with Gasteiger partial charge in [0.2, 0.25) is 0 Å². The van der Waals surface area contributed by atoms with E-state index in [1.807, 2.05) is 48.5 Å². The average molecular weight is 352 g/mol. The van der Waals surface area contributed by atoms with E-state index >= 15 is 0 Å². The quantitative estimate of drug-likeness (QED) is 0.635. The molecule has 5 heteroatoms. The molecule has 2 nitrogen and oxygen atoms in total. The van der Waals surface area contributed by atoms with Crippen molar-refractivity contribution in [2.45, 2.75) is 9.92 Å². The first-order valence-electron chi connectivity index (χ1n) is 5.58. The second-order valence-electron chi connectivity index (χ2n) is 3.90. The normalized spacial score (nSPS) is 10.8. The molecule has 94 valence electrons. The second kappa shape index (κ2) is 5.49. The molecular weight excluding hydrogens is 344 g/mol. The molecule has 0 aliphatic rings. The van der Waals surface area contributed by atoms with E-state index in [1.165, 1.54) is 0 Å². The zero-order valence-electron chi connectivity index (χ0n) is 9.68. The molecule has 3 aromatic rings. The predicted molar refractivity (Wildman–Crippen MR) is 82.8 cm³/mol. The summed E-state index contributed by atoms with van der Waals surface area (Å²) in [6.45, 7) is 0. The Hall–Kier alpha value is -1.10. The van der Waals surface area contributed by atoms with Crippen LogP contribution in [0.2, 0.25) is 5.15 Å². The van der Waals surface area contributed by atoms with Gasteiger partial charge >= 0.3 is 0 Å². The van der Waals surface area contributed by atoms with Gasteiger partial charge in [0.1, 0.15) is 5.03 Å². The maximum Gasteiger partial charge on any atom is 0.159 e. The number of aromatic nitrogens is 2. The predicted octanol–water partition coefficient (Wildman–Crippen LogP) is 5.20. The summed E-state index contributed by atoms with van der Waals surface area (Å²) < 4.78 is 1.06. The van der Waals surface area contributed by atoms with E-state index < -0.39 is 0 Å². The third kappa shape index (κ3) is 2.76. The first kappa shape index (κ1) is 12.9. The van der Waals surface area contributed by atoms with E-state index in [9.17, 15) is 0 Å². The van der Waals surface area contributed by atoms with Gasteiger partial charge in [-0.05, 0) is 24.3 Å². The zero-order valence-corrected chi connectivity index (χ0v) is 12.8. The summed E-state index contributed by atoms with van der Waals surface area (Å²) in [5.41, 5.74) is 0. The van der Waals surface area contributed by atoms with Crippen LogP contribution in [0.4, 0.5) is 0 Å². The SMILES string of the molecule is Clc1nnc(Sc2ccc(Br)cc2)c2ccccc12. The Morgan fingerprint density at radius 2 is 1.58 bits per heavy atom. The molecule has 2 aromatic carbocycles. The van der Waals surface area contributed by atoms with Gasteiger partial charge in [-0.3, -0.25) is 0 Å². The minimum atomic E-state index is 0.441. The maximum absolute atomic E-state index is 6.06. The fourth-order valence-corrected chi connectivity index (χ4v) is 3.07. The highest BCUT2D eigenvalue weighted by atomic mass is 79.9. The summed E-state index contributed by atoms with van der Waals surface area (Å²) in [4.78, 5) is 1.12. The Bertz CT molecular complexity index is 731. The molecule has 0 saturated carbocycles. The van der Waals surface area contributed by atoms with Crippen LogP contribution in [-0.2, 0) is 0 Å². The van der Waals surface area contributed by atoms with Crippen LogP contribution in [-0.4, -0.2) is 10.2 Å². The Morgan fingerprint density at radius 1 is 0.895 bits per heavy atom. The third-order valence-electron chi connectivity index (χ3n) is 2.64. The lowest BCUT2D eigenvalue weighted by Gasteiger charge is -2.05. The molecule has 1 heterocycles. The molecule has 0 aliphatic carbocycles. The van der Waals surface area contributed by atoms with Gasteiger partial charge in [0, 0.05) is 20.1 Å². The highest BCUT2D eigenvalue weighted by Gasteiger charge is 2.08. The zero-order chi connectivity index (χ0) is 13.2. The van der Waals surface area contributed by atoms with E-state index in [-0.39, 0.29) is 0 Å². The Balaban J connectivity index is 2.06. The van der Waals surface area contributed by atoms with Gasteiger partial charge in [0.15, 0.2) is 5.15 Å². The van der Waals surface area contributed by atoms with Gasteiger partial charge in [0.05, 0.1) is 0 Å². The number of halogens is 2. The molecule has 0 bridgehead atoms. The Kier molecular flexibility index (Phi) is 3.73. The van der Waals surface area contributed by atoms with Crippen molar-refractivity contribution in [2.75, 3.05) is 0 Å². The fraction of sp³-hybridized carbons (Fsp3) is 0. The van der Waals surface area contributed by atoms with E-state index in [4.69, 9.17) is 11.6 Å². The van der Waals surface area contributed by atoms with Crippen LogP contribution in [0.3, 0.4) is 0 Å². The number of fused-ring (bicyclic) bond motifs is 1. The minimum Gasteiger partial charge on any atom is -0.142 e. The van der Waals surface area contributed by atoms with Crippen molar-refractivity contribution >= 4 is 50.1 Å². The molecule has 0 atom stereocenters. The van der Waals surface area contributed by atoms with E-state index in [1.54, 1.807) is 11.8 Å². The topological polar surface area (TPSA) is 25.8 Å². The van der Waals surface area contributed by atoms with Gasteiger partial charge in [-0.25, -0.2) is 0 Å². The van der Waals surface area contributed by atoms with Crippen LogP contribution in [0.15, 0.2) is 62.9 Å². The van der Waals surface area contributed by atoms with Gasteiger partial charge in [-0.1, -0.05) is 63.6 Å². The molecule has 0 spiro atoms. The van der Waals surface area contributed by atoms with Crippen LogP contribution in [0.1, 0.15) is 0 Å². The summed E-state index contributed by atoms with van der Waals surface area (Å²) >= 11 is 11.1. The number of hydrogen-bond acceptors (Lipinski definition) is 3. The lowest BCUT2D eigenvalue weighted by Crippen LogP contribution is -1.89. The molecule has 0 saturated heterocycles. The van der Waals surface area contributed by atoms with E-state index in [2.05, 4.69) is 26.1 Å². The summed E-state index contributed by atoms with van der Waals surface area (Å²) in [5, 5.41) is 11.5. The fourth-order valence-electron chi connectivity index (χ4n) is 1.74. The summed E-state index contributed by atoms with van der Waals surface area (Å²) in [6.07, 6.45) is 0. The molecule has 0 N–H and O–H groups in total. The van der Waals surface area contributed by atoms with Crippen LogP contribution in [0.25, 0.3) is 10.8 Å². The smallest absolute Gasteiger partial charge is 0.142 e. The molecule has 0 fully saturated rings. The molecule has 19 heavy (non-hydrogen) atoms. The van der Waals surface area contributed by atoms with Crippen molar-refractivity contribution in [1.29, 1.82) is 0 Å². The largest absolute Gasteiger partial charge is 0.159 e. The van der Waals surface area contributed by atoms with Gasteiger partial charge in [-0.2, -0.15) is 0 Å². The molecule has 0 unspecified atom stereocenters. The van der Waals surface area contributed by atoms with E-state index in [0.29, 0.717) is 5.15 Å². The van der Waals surface area contributed by atoms with E-state index in [0.717, 1.165) is 25.2 Å². The van der Waals surface area contributed by atoms with Gasteiger partial charge in [-0.15, -0.1) is 10.2 Å². The lowest BCUT2D eigenvalue weighted by atomic mass is 10.2. The number of hydrogen-bond donors (Lipinski definition) is 0. The lowest BCUT2D eigenvalue weighted by molar-refractivity contribution is 0.956. The summed E-state index contributed by atoms with van der Waals surface area (Å²) in [7, 11) is 0. The number of rotatable bonds is 2. The molecule has 3 rings (SSSR count). The molecule has 0 radical (unpaired) electrons. The van der Waals surface area contributed by atoms with Crippen molar-refractivity contribution in [3.05, 3.63) is 58.2 Å². The van der Waals surface area contributed by atoms with Gasteiger partial charge < -0.3 is 0 Å². The molecule has 1 aromatic heterocycles.